The Labute approximate surface area is 116 Å². The Morgan fingerprint density at radius 2 is 1.94 bits per heavy atom. The van der Waals surface area contributed by atoms with Crippen LogP contribution in [0.3, 0.4) is 0 Å². The van der Waals surface area contributed by atoms with E-state index in [0.717, 1.165) is 24.8 Å². The Morgan fingerprint density at radius 1 is 1.28 bits per heavy atom. The van der Waals surface area contributed by atoms with Gasteiger partial charge < -0.3 is 4.74 Å². The molecule has 1 aromatic heterocycles. The molecule has 1 aromatic rings. The number of pyridine rings is 1. The molecule has 0 saturated heterocycles. The average molecular weight is 270 g/mol. The maximum Gasteiger partial charge on any atom is 0.232 e. The number of halogens is 1. The van der Waals surface area contributed by atoms with Gasteiger partial charge in [0.2, 0.25) is 5.88 Å². The van der Waals surface area contributed by atoms with Gasteiger partial charge in [0.1, 0.15) is 11.1 Å². The van der Waals surface area contributed by atoms with Crippen LogP contribution in [0.4, 0.5) is 0 Å². The van der Waals surface area contributed by atoms with Gasteiger partial charge in [-0.3, -0.25) is 0 Å². The molecule has 0 bridgehead atoms. The minimum Gasteiger partial charge on any atom is -0.473 e. The molecule has 0 N–H and O–H groups in total. The molecule has 1 aliphatic carbocycles. The number of hydrogen-bond acceptors (Lipinski definition) is 2. The summed E-state index contributed by atoms with van der Waals surface area (Å²) in [5, 5.41) is 0.643. The minimum atomic E-state index is 0.311. The highest BCUT2D eigenvalue weighted by Crippen LogP contribution is 2.27. The summed E-state index contributed by atoms with van der Waals surface area (Å²) in [6, 6.07) is 1.95. The number of ether oxygens (including phenoxy) is 1. The van der Waals surface area contributed by atoms with Gasteiger partial charge in [-0.05, 0) is 43.7 Å². The Bertz CT molecular complexity index is 348. The molecule has 0 aliphatic heterocycles. The molecule has 1 saturated carbocycles. The lowest BCUT2D eigenvalue weighted by molar-refractivity contribution is 0.149. The third-order valence-electron chi connectivity index (χ3n) is 3.10. The lowest BCUT2D eigenvalue weighted by Crippen LogP contribution is -2.20. The summed E-state index contributed by atoms with van der Waals surface area (Å²) >= 11 is 6.14. The summed E-state index contributed by atoms with van der Waals surface area (Å²) in [5.41, 5.74) is 1.15. The Kier molecular flexibility index (Phi) is 7.11. The molecule has 0 radical (unpaired) electrons. The van der Waals surface area contributed by atoms with E-state index in [1.165, 1.54) is 19.3 Å². The van der Waals surface area contributed by atoms with E-state index in [4.69, 9.17) is 16.3 Å². The summed E-state index contributed by atoms with van der Waals surface area (Å²) < 4.78 is 5.84. The van der Waals surface area contributed by atoms with Gasteiger partial charge in [0, 0.05) is 6.20 Å². The van der Waals surface area contributed by atoms with Crippen LogP contribution in [0.25, 0.3) is 0 Å². The molecule has 1 fully saturated rings. The molecule has 102 valence electrons. The van der Waals surface area contributed by atoms with E-state index in [1.54, 1.807) is 0 Å². The summed E-state index contributed by atoms with van der Waals surface area (Å²) in [6.45, 7) is 6.09. The largest absolute Gasteiger partial charge is 0.473 e. The van der Waals surface area contributed by atoms with E-state index in [9.17, 15) is 0 Å². The first kappa shape index (κ1) is 15.3. The third-order valence-corrected chi connectivity index (χ3v) is 3.37. The van der Waals surface area contributed by atoms with Crippen molar-refractivity contribution in [2.45, 2.75) is 65.4 Å². The van der Waals surface area contributed by atoms with Gasteiger partial charge >= 0.3 is 0 Å². The maximum atomic E-state index is 6.14. The zero-order chi connectivity index (χ0) is 13.4. The minimum absolute atomic E-state index is 0.311. The fourth-order valence-electron chi connectivity index (χ4n) is 2.09. The first-order valence-corrected chi connectivity index (χ1v) is 7.48. The van der Waals surface area contributed by atoms with Crippen LogP contribution in [0.1, 0.15) is 58.4 Å². The standard InChI is InChI=1S/C13H18ClNO.C2H6/c1-2-10-8-12(14)13(15-9-10)16-11-6-4-3-5-7-11;1-2/h8-9,11H,2-7H2,1H3;1-2H3. The second kappa shape index (κ2) is 8.36. The van der Waals surface area contributed by atoms with Crippen molar-refractivity contribution in [3.8, 4) is 5.88 Å². The van der Waals surface area contributed by atoms with Crippen LogP contribution >= 0.6 is 11.6 Å². The second-order valence-corrected chi connectivity index (χ2v) is 4.77. The van der Waals surface area contributed by atoms with E-state index >= 15 is 0 Å². The van der Waals surface area contributed by atoms with E-state index in [2.05, 4.69) is 11.9 Å². The van der Waals surface area contributed by atoms with Gasteiger partial charge in [-0.2, -0.15) is 0 Å². The third kappa shape index (κ3) is 4.49. The highest BCUT2D eigenvalue weighted by molar-refractivity contribution is 6.31. The van der Waals surface area contributed by atoms with Crippen LogP contribution in [0.15, 0.2) is 12.3 Å². The summed E-state index contributed by atoms with van der Waals surface area (Å²) in [6.07, 6.45) is 9.23. The molecule has 2 nitrogen and oxygen atoms in total. The van der Waals surface area contributed by atoms with Crippen molar-refractivity contribution in [3.05, 3.63) is 22.8 Å². The average Bonchev–Trinajstić information content (AvgIpc) is 2.44. The molecule has 1 heterocycles. The second-order valence-electron chi connectivity index (χ2n) is 4.36. The molecule has 2 rings (SSSR count). The SMILES string of the molecule is CC.CCc1cnc(OC2CCCCC2)c(Cl)c1. The van der Waals surface area contributed by atoms with Crippen LogP contribution in [-0.2, 0) is 6.42 Å². The molecule has 0 spiro atoms. The predicted octanol–water partition coefficient (Wildman–Crippen LogP) is 5.04. The van der Waals surface area contributed by atoms with Gasteiger partial charge in [0.25, 0.3) is 0 Å². The molecular weight excluding hydrogens is 246 g/mol. The molecule has 0 amide bonds. The van der Waals surface area contributed by atoms with Crippen molar-refractivity contribution in [1.29, 1.82) is 0 Å². The Morgan fingerprint density at radius 3 is 2.50 bits per heavy atom. The molecule has 0 aromatic carbocycles. The lowest BCUT2D eigenvalue weighted by atomic mass is 9.98. The van der Waals surface area contributed by atoms with E-state index in [-0.39, 0.29) is 0 Å². The zero-order valence-electron chi connectivity index (χ0n) is 11.7. The topological polar surface area (TPSA) is 22.1 Å². The number of rotatable bonds is 3. The molecule has 0 unspecified atom stereocenters. The smallest absolute Gasteiger partial charge is 0.232 e. The summed E-state index contributed by atoms with van der Waals surface area (Å²) in [5.74, 6) is 0.603. The van der Waals surface area contributed by atoms with Gasteiger partial charge in [-0.15, -0.1) is 0 Å². The van der Waals surface area contributed by atoms with Crippen LogP contribution in [0, 0.1) is 0 Å². The number of aromatic nitrogens is 1. The van der Waals surface area contributed by atoms with Gasteiger partial charge in [-0.1, -0.05) is 38.8 Å². The van der Waals surface area contributed by atoms with Crippen LogP contribution in [-0.4, -0.2) is 11.1 Å². The van der Waals surface area contributed by atoms with Gasteiger partial charge in [-0.25, -0.2) is 4.98 Å². The van der Waals surface area contributed by atoms with Crippen molar-refractivity contribution < 1.29 is 4.74 Å². The summed E-state index contributed by atoms with van der Waals surface area (Å²) in [4.78, 5) is 4.29. The van der Waals surface area contributed by atoms with Gasteiger partial charge in [0.15, 0.2) is 0 Å². The predicted molar refractivity (Wildman–Crippen MR) is 77.5 cm³/mol. The van der Waals surface area contributed by atoms with E-state index in [1.807, 2.05) is 26.1 Å². The molecule has 3 heteroatoms. The number of nitrogens with zero attached hydrogens (tertiary/aromatic N) is 1. The van der Waals surface area contributed by atoms with Crippen molar-refractivity contribution in [2.24, 2.45) is 0 Å². The van der Waals surface area contributed by atoms with E-state index < -0.39 is 0 Å². The highest BCUT2D eigenvalue weighted by atomic mass is 35.5. The van der Waals surface area contributed by atoms with Crippen LogP contribution < -0.4 is 4.74 Å². The fourth-order valence-corrected chi connectivity index (χ4v) is 2.32. The van der Waals surface area contributed by atoms with Crippen molar-refractivity contribution >= 4 is 11.6 Å². The quantitative estimate of drug-likeness (QED) is 0.767. The first-order valence-electron chi connectivity index (χ1n) is 7.10. The number of hydrogen-bond donors (Lipinski definition) is 0. The Balaban J connectivity index is 0.000000771. The van der Waals surface area contributed by atoms with Crippen molar-refractivity contribution in [3.63, 3.8) is 0 Å². The van der Waals surface area contributed by atoms with Crippen molar-refractivity contribution in [2.75, 3.05) is 0 Å². The van der Waals surface area contributed by atoms with Crippen LogP contribution in [0.2, 0.25) is 5.02 Å². The molecule has 18 heavy (non-hydrogen) atoms. The van der Waals surface area contributed by atoms with Crippen molar-refractivity contribution in [1.82, 2.24) is 4.98 Å². The van der Waals surface area contributed by atoms with Crippen LogP contribution in [0.5, 0.6) is 5.88 Å². The zero-order valence-corrected chi connectivity index (χ0v) is 12.5. The maximum absolute atomic E-state index is 6.14. The highest BCUT2D eigenvalue weighted by Gasteiger charge is 2.16. The van der Waals surface area contributed by atoms with E-state index in [0.29, 0.717) is 17.0 Å². The lowest BCUT2D eigenvalue weighted by Gasteiger charge is -2.22. The summed E-state index contributed by atoms with van der Waals surface area (Å²) in [7, 11) is 0. The molecular formula is C15H24ClNO. The fraction of sp³-hybridized carbons (Fsp3) is 0.667. The first-order chi connectivity index (χ1) is 8.79. The number of aryl methyl sites for hydroxylation is 1. The molecule has 0 atom stereocenters. The normalized spacial score (nSPS) is 15.8. The monoisotopic (exact) mass is 269 g/mol. The van der Waals surface area contributed by atoms with Gasteiger partial charge in [0.05, 0.1) is 0 Å². The Hall–Kier alpha value is -0.760. The molecule has 1 aliphatic rings.